The highest BCUT2D eigenvalue weighted by Gasteiger charge is 2.11. The number of para-hydroxylation sites is 1. The van der Waals surface area contributed by atoms with E-state index in [9.17, 15) is 8.42 Å². The van der Waals surface area contributed by atoms with Gasteiger partial charge in [0.1, 0.15) is 0 Å². The summed E-state index contributed by atoms with van der Waals surface area (Å²) in [6.07, 6.45) is 0. The predicted molar refractivity (Wildman–Crippen MR) is 98.1 cm³/mol. The van der Waals surface area contributed by atoms with Gasteiger partial charge in [-0.3, -0.25) is 4.72 Å². The number of thioether (sulfide) groups is 1. The van der Waals surface area contributed by atoms with Crippen LogP contribution in [0, 0.1) is 3.57 Å². The van der Waals surface area contributed by atoms with Crippen LogP contribution >= 0.6 is 34.4 Å². The molecule has 0 fully saturated rings. The van der Waals surface area contributed by atoms with E-state index >= 15 is 0 Å². The van der Waals surface area contributed by atoms with Gasteiger partial charge in [0.2, 0.25) is 10.0 Å². The number of nitrogen functional groups attached to an aromatic ring is 1. The molecule has 2 rings (SSSR count). The zero-order valence-corrected chi connectivity index (χ0v) is 14.9. The highest BCUT2D eigenvalue weighted by atomic mass is 127. The van der Waals surface area contributed by atoms with Crippen molar-refractivity contribution in [3.63, 3.8) is 0 Å². The average molecular weight is 434 g/mol. The molecule has 0 amide bonds. The molecule has 0 unspecified atom stereocenters. The van der Waals surface area contributed by atoms with Gasteiger partial charge in [-0.15, -0.1) is 11.8 Å². The molecule has 0 spiro atoms. The topological polar surface area (TPSA) is 72.2 Å². The third-order valence-corrected chi connectivity index (χ3v) is 5.94. The number of nitrogens with two attached hydrogens (primary N) is 1. The Labute approximate surface area is 142 Å². The summed E-state index contributed by atoms with van der Waals surface area (Å²) in [7, 11) is -3.35. The SMILES string of the molecule is Nc1ccccc1SCCS(=O)(=O)Nc1cccc(I)c1. The summed E-state index contributed by atoms with van der Waals surface area (Å²) in [5, 5.41) is 0. The molecule has 2 aromatic rings. The standard InChI is InChI=1S/C14H15IN2O2S2/c15-11-4-3-5-12(10-11)17-21(18,19)9-8-20-14-7-2-1-6-13(14)16/h1-7,10,17H,8-9,16H2. The molecule has 0 bridgehead atoms. The number of hydrogen-bond acceptors (Lipinski definition) is 4. The molecule has 0 aliphatic carbocycles. The minimum absolute atomic E-state index is 0.0392. The van der Waals surface area contributed by atoms with E-state index in [1.807, 2.05) is 30.3 Å². The molecule has 0 aliphatic heterocycles. The molecule has 7 heteroatoms. The fourth-order valence-electron chi connectivity index (χ4n) is 1.66. The van der Waals surface area contributed by atoms with Gasteiger partial charge >= 0.3 is 0 Å². The summed E-state index contributed by atoms with van der Waals surface area (Å²) in [6, 6.07) is 14.7. The lowest BCUT2D eigenvalue weighted by Crippen LogP contribution is -2.18. The predicted octanol–water partition coefficient (Wildman–Crippen LogP) is 3.41. The first-order chi connectivity index (χ1) is 9.96. The van der Waals surface area contributed by atoms with Gasteiger partial charge in [0.25, 0.3) is 0 Å². The highest BCUT2D eigenvalue weighted by Crippen LogP contribution is 2.24. The van der Waals surface area contributed by atoms with Gasteiger partial charge in [0.05, 0.1) is 5.75 Å². The summed E-state index contributed by atoms with van der Waals surface area (Å²) in [4.78, 5) is 0.905. The van der Waals surface area contributed by atoms with E-state index in [4.69, 9.17) is 5.73 Å². The monoisotopic (exact) mass is 434 g/mol. The van der Waals surface area contributed by atoms with Gasteiger partial charge < -0.3 is 5.73 Å². The molecule has 0 saturated carbocycles. The second-order valence-corrected chi connectivity index (χ2v) is 8.54. The zero-order chi connectivity index (χ0) is 15.3. The van der Waals surface area contributed by atoms with Gasteiger partial charge in [-0.05, 0) is 52.9 Å². The minimum Gasteiger partial charge on any atom is -0.398 e. The summed E-state index contributed by atoms with van der Waals surface area (Å²) >= 11 is 3.59. The van der Waals surface area contributed by atoms with Crippen molar-refractivity contribution in [2.45, 2.75) is 4.90 Å². The molecule has 0 radical (unpaired) electrons. The van der Waals surface area contributed by atoms with Crippen LogP contribution in [0.15, 0.2) is 53.4 Å². The molecule has 0 saturated heterocycles. The average Bonchev–Trinajstić information content (AvgIpc) is 2.40. The van der Waals surface area contributed by atoms with Crippen molar-refractivity contribution in [3.05, 3.63) is 52.1 Å². The normalized spacial score (nSPS) is 11.3. The van der Waals surface area contributed by atoms with Crippen molar-refractivity contribution in [3.8, 4) is 0 Å². The highest BCUT2D eigenvalue weighted by molar-refractivity contribution is 14.1. The zero-order valence-electron chi connectivity index (χ0n) is 11.1. The van der Waals surface area contributed by atoms with Crippen molar-refractivity contribution >= 4 is 55.8 Å². The first-order valence-electron chi connectivity index (χ1n) is 6.20. The van der Waals surface area contributed by atoms with Crippen LogP contribution in [0.1, 0.15) is 0 Å². The van der Waals surface area contributed by atoms with Crippen molar-refractivity contribution in [1.82, 2.24) is 0 Å². The van der Waals surface area contributed by atoms with Crippen molar-refractivity contribution < 1.29 is 8.42 Å². The number of nitrogens with one attached hydrogen (secondary N) is 1. The van der Waals surface area contributed by atoms with Gasteiger partial charge in [0.15, 0.2) is 0 Å². The Bertz CT molecular complexity index is 720. The number of anilines is 2. The third-order valence-electron chi connectivity index (χ3n) is 2.63. The maximum atomic E-state index is 12.0. The molecule has 4 nitrogen and oxygen atoms in total. The van der Waals surface area contributed by atoms with Gasteiger partial charge in [-0.25, -0.2) is 8.42 Å². The molecule has 112 valence electrons. The summed E-state index contributed by atoms with van der Waals surface area (Å²) < 4.78 is 27.6. The quantitative estimate of drug-likeness (QED) is 0.415. The van der Waals surface area contributed by atoms with Crippen molar-refractivity contribution in [2.75, 3.05) is 22.0 Å². The van der Waals surface area contributed by atoms with E-state index in [-0.39, 0.29) is 5.75 Å². The molecule has 0 aliphatic rings. The maximum Gasteiger partial charge on any atom is 0.233 e. The molecular weight excluding hydrogens is 419 g/mol. The lowest BCUT2D eigenvalue weighted by Gasteiger charge is -2.09. The Morgan fingerprint density at radius 2 is 1.90 bits per heavy atom. The lowest BCUT2D eigenvalue weighted by molar-refractivity contribution is 0.602. The minimum atomic E-state index is -3.35. The van der Waals surface area contributed by atoms with E-state index in [0.29, 0.717) is 17.1 Å². The first-order valence-corrected chi connectivity index (χ1v) is 9.91. The Balaban J connectivity index is 1.91. The Kier molecular flexibility index (Phi) is 5.77. The number of rotatable bonds is 6. The van der Waals surface area contributed by atoms with Crippen LogP contribution in [-0.2, 0) is 10.0 Å². The summed E-state index contributed by atoms with van der Waals surface area (Å²) in [5.74, 6) is 0.491. The fraction of sp³-hybridized carbons (Fsp3) is 0.143. The molecule has 21 heavy (non-hydrogen) atoms. The lowest BCUT2D eigenvalue weighted by atomic mass is 10.3. The van der Waals surface area contributed by atoms with Crippen LogP contribution in [0.5, 0.6) is 0 Å². The molecule has 0 atom stereocenters. The van der Waals surface area contributed by atoms with Gasteiger partial charge in [-0.2, -0.15) is 0 Å². The van der Waals surface area contributed by atoms with Crippen LogP contribution in [0.3, 0.4) is 0 Å². The first kappa shape index (κ1) is 16.4. The second-order valence-electron chi connectivity index (χ2n) is 4.32. The second kappa shape index (κ2) is 7.37. The summed E-state index contributed by atoms with van der Waals surface area (Å²) in [5.41, 5.74) is 7.08. The van der Waals surface area contributed by atoms with E-state index in [1.54, 1.807) is 18.2 Å². The Morgan fingerprint density at radius 3 is 2.62 bits per heavy atom. The largest absolute Gasteiger partial charge is 0.398 e. The van der Waals surface area contributed by atoms with Gasteiger partial charge in [0, 0.05) is 25.6 Å². The maximum absolute atomic E-state index is 12.0. The fourth-order valence-corrected chi connectivity index (χ4v) is 4.63. The number of sulfonamides is 1. The van der Waals surface area contributed by atoms with Crippen LogP contribution < -0.4 is 10.5 Å². The number of benzene rings is 2. The molecule has 2 aromatic carbocycles. The molecular formula is C14H15IN2O2S2. The van der Waals surface area contributed by atoms with Crippen LogP contribution in [0.4, 0.5) is 11.4 Å². The van der Waals surface area contributed by atoms with Gasteiger partial charge in [-0.1, -0.05) is 18.2 Å². The van der Waals surface area contributed by atoms with Crippen molar-refractivity contribution in [2.24, 2.45) is 0 Å². The van der Waals surface area contributed by atoms with Crippen LogP contribution in [0.2, 0.25) is 0 Å². The third kappa shape index (κ3) is 5.40. The Hall–Kier alpha value is -0.930. The summed E-state index contributed by atoms with van der Waals surface area (Å²) in [6.45, 7) is 0. The van der Waals surface area contributed by atoms with Crippen LogP contribution in [-0.4, -0.2) is 19.9 Å². The van der Waals surface area contributed by atoms with E-state index in [1.165, 1.54) is 11.8 Å². The van der Waals surface area contributed by atoms with Crippen LogP contribution in [0.25, 0.3) is 0 Å². The smallest absolute Gasteiger partial charge is 0.233 e. The number of hydrogen-bond donors (Lipinski definition) is 2. The van der Waals surface area contributed by atoms with E-state index < -0.39 is 10.0 Å². The van der Waals surface area contributed by atoms with Crippen molar-refractivity contribution in [1.29, 1.82) is 0 Å². The molecule has 3 N–H and O–H groups in total. The van der Waals surface area contributed by atoms with E-state index in [2.05, 4.69) is 27.3 Å². The molecule has 0 heterocycles. The molecule has 0 aromatic heterocycles. The van der Waals surface area contributed by atoms with E-state index in [0.717, 1.165) is 8.47 Å². The number of halogens is 1. The Morgan fingerprint density at radius 1 is 1.14 bits per heavy atom.